The van der Waals surface area contributed by atoms with E-state index in [9.17, 15) is 27.9 Å². The topological polar surface area (TPSA) is 62.1 Å². The van der Waals surface area contributed by atoms with Crippen LogP contribution in [0.4, 0.5) is 13.2 Å². The minimum absolute atomic E-state index is 0.342. The van der Waals surface area contributed by atoms with Gasteiger partial charge >= 0.3 is 6.18 Å². The van der Waals surface area contributed by atoms with Crippen LogP contribution < -0.4 is 10.7 Å². The average Bonchev–Trinajstić information content (AvgIpc) is 2.14. The van der Waals surface area contributed by atoms with Gasteiger partial charge in [0.2, 0.25) is 0 Å². The molecule has 4 nitrogen and oxygen atoms in total. The van der Waals surface area contributed by atoms with E-state index < -0.39 is 29.7 Å². The number of pyridine rings is 1. The summed E-state index contributed by atoms with van der Waals surface area (Å²) in [6.45, 7) is -0.342. The smallest absolute Gasteiger partial charge is 0.417 e. The summed E-state index contributed by atoms with van der Waals surface area (Å²) in [6, 6.07) is 1.40. The van der Waals surface area contributed by atoms with Gasteiger partial charge in [-0.2, -0.15) is 13.2 Å². The maximum Gasteiger partial charge on any atom is 0.417 e. The lowest BCUT2D eigenvalue weighted by Gasteiger charge is -2.10. The third kappa shape index (κ3) is 3.11. The summed E-state index contributed by atoms with van der Waals surface area (Å²) >= 11 is 0. The molecule has 1 aromatic heterocycles. The molecule has 0 aliphatic heterocycles. The molecule has 1 rings (SSSR count). The molecule has 0 bridgehead atoms. The molecular formula is C9H7F3NO3-. The molecule has 1 heterocycles. The van der Waals surface area contributed by atoms with E-state index in [-0.39, 0.29) is 6.54 Å². The number of halogens is 3. The number of carbonyl (C=O) groups excluding carboxylic acids is 1. The van der Waals surface area contributed by atoms with Crippen molar-refractivity contribution in [2.24, 2.45) is 0 Å². The van der Waals surface area contributed by atoms with Crippen molar-refractivity contribution in [1.29, 1.82) is 0 Å². The van der Waals surface area contributed by atoms with Crippen LogP contribution in [0.3, 0.4) is 0 Å². The van der Waals surface area contributed by atoms with Gasteiger partial charge in [-0.05, 0) is 6.07 Å². The van der Waals surface area contributed by atoms with E-state index in [0.29, 0.717) is 16.8 Å². The molecule has 0 spiro atoms. The molecule has 0 unspecified atom stereocenters. The molecule has 0 N–H and O–H groups in total. The molecule has 0 atom stereocenters. The fourth-order valence-electron chi connectivity index (χ4n) is 1.09. The lowest BCUT2D eigenvalue weighted by Crippen LogP contribution is -2.27. The Morgan fingerprint density at radius 1 is 1.38 bits per heavy atom. The summed E-state index contributed by atoms with van der Waals surface area (Å²) in [4.78, 5) is 21.2. The van der Waals surface area contributed by atoms with Crippen molar-refractivity contribution in [3.8, 4) is 0 Å². The molecule has 88 valence electrons. The van der Waals surface area contributed by atoms with Gasteiger partial charge in [-0.1, -0.05) is 0 Å². The Morgan fingerprint density at radius 2 is 2.00 bits per heavy atom. The van der Waals surface area contributed by atoms with Gasteiger partial charge in [0.05, 0.1) is 5.56 Å². The lowest BCUT2D eigenvalue weighted by atomic mass is 10.2. The summed E-state index contributed by atoms with van der Waals surface area (Å²) in [7, 11) is 0. The monoisotopic (exact) mass is 234 g/mol. The second kappa shape index (κ2) is 4.38. The minimum Gasteiger partial charge on any atom is -0.550 e. The van der Waals surface area contributed by atoms with Gasteiger partial charge < -0.3 is 14.5 Å². The number of rotatable bonds is 3. The number of aliphatic carboxylic acids is 1. The van der Waals surface area contributed by atoms with E-state index in [1.54, 1.807) is 0 Å². The maximum atomic E-state index is 12.3. The molecule has 0 fully saturated rings. The number of hydrogen-bond acceptors (Lipinski definition) is 3. The molecule has 0 aliphatic rings. The largest absolute Gasteiger partial charge is 0.550 e. The first-order chi connectivity index (χ1) is 7.30. The molecule has 16 heavy (non-hydrogen) atoms. The van der Waals surface area contributed by atoms with E-state index in [0.717, 1.165) is 6.07 Å². The van der Waals surface area contributed by atoms with Crippen LogP contribution in [0.15, 0.2) is 23.1 Å². The fraction of sp³-hybridized carbons (Fsp3) is 0.333. The van der Waals surface area contributed by atoms with E-state index in [2.05, 4.69) is 0 Å². The highest BCUT2D eigenvalue weighted by molar-refractivity contribution is 5.64. The molecule has 7 heteroatoms. The lowest BCUT2D eigenvalue weighted by molar-refractivity contribution is -0.305. The molecule has 0 saturated heterocycles. The number of hydrogen-bond donors (Lipinski definition) is 0. The third-order valence-corrected chi connectivity index (χ3v) is 1.87. The van der Waals surface area contributed by atoms with Crippen LogP contribution in [0.2, 0.25) is 0 Å². The number of nitrogens with zero attached hydrogens (tertiary/aromatic N) is 1. The van der Waals surface area contributed by atoms with Crippen molar-refractivity contribution >= 4 is 5.97 Å². The van der Waals surface area contributed by atoms with Gasteiger partial charge in [0, 0.05) is 31.2 Å². The Kier molecular flexibility index (Phi) is 3.36. The molecule has 0 saturated carbocycles. The highest BCUT2D eigenvalue weighted by atomic mass is 19.4. The number of carbonyl (C=O) groups is 1. The summed E-state index contributed by atoms with van der Waals surface area (Å²) < 4.78 is 37.5. The van der Waals surface area contributed by atoms with E-state index in [1.165, 1.54) is 0 Å². The fourth-order valence-corrected chi connectivity index (χ4v) is 1.09. The van der Waals surface area contributed by atoms with Crippen LogP contribution in [0, 0.1) is 0 Å². The van der Waals surface area contributed by atoms with Gasteiger partial charge in [0.15, 0.2) is 0 Å². The Hall–Kier alpha value is -1.79. The van der Waals surface area contributed by atoms with Crippen molar-refractivity contribution in [3.05, 3.63) is 34.2 Å². The van der Waals surface area contributed by atoms with Crippen molar-refractivity contribution in [2.75, 3.05) is 0 Å². The molecular weight excluding hydrogens is 227 g/mol. The van der Waals surface area contributed by atoms with Crippen LogP contribution in [-0.2, 0) is 17.5 Å². The standard InChI is InChI=1S/C9H8F3NO3/c10-9(11,12)6-1-2-7(14)13(5-6)4-3-8(15)16/h1-2,5H,3-4H2,(H,15,16)/p-1. The summed E-state index contributed by atoms with van der Waals surface area (Å²) in [5.41, 5.74) is -1.68. The predicted molar refractivity (Wildman–Crippen MR) is 45.3 cm³/mol. The highest BCUT2D eigenvalue weighted by Crippen LogP contribution is 2.27. The molecule has 1 aromatic rings. The first-order valence-corrected chi connectivity index (χ1v) is 4.28. The summed E-state index contributed by atoms with van der Waals surface area (Å²) in [5, 5.41) is 10.1. The van der Waals surface area contributed by atoms with Crippen LogP contribution in [-0.4, -0.2) is 10.5 Å². The van der Waals surface area contributed by atoms with Gasteiger partial charge in [-0.3, -0.25) is 4.79 Å². The number of aromatic nitrogens is 1. The van der Waals surface area contributed by atoms with Gasteiger partial charge in [-0.25, -0.2) is 0 Å². The molecule has 0 aliphatic carbocycles. The Labute approximate surface area is 87.9 Å². The minimum atomic E-state index is -4.56. The molecule has 0 amide bonds. The second-order valence-electron chi connectivity index (χ2n) is 3.07. The zero-order valence-corrected chi connectivity index (χ0v) is 7.95. The van der Waals surface area contributed by atoms with Gasteiger partial charge in [0.25, 0.3) is 5.56 Å². The van der Waals surface area contributed by atoms with Gasteiger partial charge in [-0.15, -0.1) is 0 Å². The first-order valence-electron chi connectivity index (χ1n) is 4.28. The maximum absolute atomic E-state index is 12.3. The van der Waals surface area contributed by atoms with Gasteiger partial charge in [0.1, 0.15) is 0 Å². The van der Waals surface area contributed by atoms with Crippen molar-refractivity contribution in [3.63, 3.8) is 0 Å². The summed E-state index contributed by atoms with van der Waals surface area (Å²) in [6.07, 6.45) is -4.48. The van der Waals surface area contributed by atoms with E-state index in [1.807, 2.05) is 0 Å². The first kappa shape index (κ1) is 12.3. The van der Waals surface area contributed by atoms with Crippen LogP contribution in [0.25, 0.3) is 0 Å². The van der Waals surface area contributed by atoms with Crippen molar-refractivity contribution in [2.45, 2.75) is 19.1 Å². The second-order valence-corrected chi connectivity index (χ2v) is 3.07. The highest BCUT2D eigenvalue weighted by Gasteiger charge is 2.30. The van der Waals surface area contributed by atoms with Crippen LogP contribution >= 0.6 is 0 Å². The number of alkyl halides is 3. The molecule has 0 radical (unpaired) electrons. The quantitative estimate of drug-likeness (QED) is 0.739. The number of carboxylic acids is 1. The van der Waals surface area contributed by atoms with Crippen molar-refractivity contribution in [1.82, 2.24) is 4.57 Å². The molecule has 0 aromatic carbocycles. The third-order valence-electron chi connectivity index (χ3n) is 1.87. The van der Waals surface area contributed by atoms with E-state index in [4.69, 9.17) is 0 Å². The number of aryl methyl sites for hydroxylation is 1. The van der Waals surface area contributed by atoms with E-state index >= 15 is 0 Å². The SMILES string of the molecule is O=C([O-])CCn1cc(C(F)(F)F)ccc1=O. The Balaban J connectivity index is 3.00. The normalized spacial score (nSPS) is 11.4. The Morgan fingerprint density at radius 3 is 2.50 bits per heavy atom. The average molecular weight is 234 g/mol. The summed E-state index contributed by atoms with van der Waals surface area (Å²) in [5.74, 6) is -1.43. The van der Waals surface area contributed by atoms with Crippen LogP contribution in [0.1, 0.15) is 12.0 Å². The Bertz CT molecular complexity index is 450. The zero-order valence-electron chi connectivity index (χ0n) is 7.95. The predicted octanol–water partition coefficient (Wildman–Crippen LogP) is 0.00710. The van der Waals surface area contributed by atoms with Crippen molar-refractivity contribution < 1.29 is 23.1 Å². The van der Waals surface area contributed by atoms with Crippen LogP contribution in [0.5, 0.6) is 0 Å². The number of carboxylic acid groups (broad SMARTS) is 1. The zero-order chi connectivity index (χ0) is 12.3.